The van der Waals surface area contributed by atoms with Crippen LogP contribution in [-0.2, 0) is 9.53 Å². The Balaban J connectivity index is 1.80. The molecule has 1 aliphatic rings. The summed E-state index contributed by atoms with van der Waals surface area (Å²) in [6, 6.07) is 14.0. The van der Waals surface area contributed by atoms with E-state index in [-0.39, 0.29) is 11.7 Å². The molecule has 0 bridgehead atoms. The molecule has 0 saturated carbocycles. The van der Waals surface area contributed by atoms with Gasteiger partial charge in [0, 0.05) is 10.2 Å². The number of ether oxygens (including phenoxy) is 2. The number of nitrogens with one attached hydrogen (secondary N) is 2. The number of anilines is 2. The highest BCUT2D eigenvalue weighted by Crippen LogP contribution is 2.36. The largest absolute Gasteiger partial charge is 0.495 e. The van der Waals surface area contributed by atoms with Crippen LogP contribution in [0.3, 0.4) is 0 Å². The number of hydrogen-bond donors (Lipinski definition) is 2. The predicted molar refractivity (Wildman–Crippen MR) is 122 cm³/mol. The van der Waals surface area contributed by atoms with Crippen molar-refractivity contribution in [1.82, 2.24) is 14.8 Å². The molecule has 1 amide bonds. The van der Waals surface area contributed by atoms with Gasteiger partial charge in [0.25, 0.3) is 11.7 Å². The number of aromatic nitrogens is 3. The lowest BCUT2D eigenvalue weighted by Crippen LogP contribution is -2.31. The fraction of sp³-hybridized carbons (Fsp3) is 0.182. The molecule has 10 heteroatoms. The topological polar surface area (TPSA) is 107 Å². The number of halogens is 1. The number of allylic oxidation sites excluding steroid dienone is 1. The SMILES string of the molecule is COC(=O)c1nc2n(n1)[C@@H](c1ccc(Br)cc1)C(C(=O)Nc1ccccc1OC)=C(C)N2. The number of hydrogen-bond acceptors (Lipinski definition) is 7. The summed E-state index contributed by atoms with van der Waals surface area (Å²) in [5.41, 5.74) is 2.34. The van der Waals surface area contributed by atoms with Crippen LogP contribution < -0.4 is 15.4 Å². The smallest absolute Gasteiger partial charge is 0.378 e. The lowest BCUT2D eigenvalue weighted by molar-refractivity contribution is -0.113. The van der Waals surface area contributed by atoms with Gasteiger partial charge in [-0.15, -0.1) is 5.10 Å². The van der Waals surface area contributed by atoms with E-state index >= 15 is 0 Å². The van der Waals surface area contributed by atoms with Gasteiger partial charge in [-0.1, -0.05) is 40.2 Å². The first-order valence-corrected chi connectivity index (χ1v) is 10.4. The second-order valence-corrected chi connectivity index (χ2v) is 7.88. The second-order valence-electron chi connectivity index (χ2n) is 6.97. The highest BCUT2D eigenvalue weighted by atomic mass is 79.9. The molecule has 9 nitrogen and oxygen atoms in total. The lowest BCUT2D eigenvalue weighted by Gasteiger charge is -2.28. The molecule has 32 heavy (non-hydrogen) atoms. The number of amides is 1. The molecule has 1 atom stereocenters. The molecule has 0 fully saturated rings. The summed E-state index contributed by atoms with van der Waals surface area (Å²) in [4.78, 5) is 29.7. The van der Waals surface area contributed by atoms with E-state index in [1.807, 2.05) is 36.4 Å². The molecule has 1 aromatic heterocycles. The summed E-state index contributed by atoms with van der Waals surface area (Å²) < 4.78 is 12.5. The zero-order valence-corrected chi connectivity index (χ0v) is 19.1. The van der Waals surface area contributed by atoms with Crippen molar-refractivity contribution in [1.29, 1.82) is 0 Å². The van der Waals surface area contributed by atoms with E-state index in [2.05, 4.69) is 36.6 Å². The third-order valence-electron chi connectivity index (χ3n) is 5.01. The van der Waals surface area contributed by atoms with Crippen molar-refractivity contribution >= 4 is 39.4 Å². The fourth-order valence-corrected chi connectivity index (χ4v) is 3.78. The number of esters is 1. The first-order chi connectivity index (χ1) is 15.4. The first-order valence-electron chi connectivity index (χ1n) is 9.65. The molecule has 1 aliphatic heterocycles. The first kappa shape index (κ1) is 21.6. The van der Waals surface area contributed by atoms with Crippen LogP contribution in [0.2, 0.25) is 0 Å². The number of rotatable bonds is 5. The summed E-state index contributed by atoms with van der Waals surface area (Å²) in [5, 5.41) is 10.3. The Morgan fingerprint density at radius 2 is 1.84 bits per heavy atom. The van der Waals surface area contributed by atoms with Gasteiger partial charge in [-0.05, 0) is 36.8 Å². The summed E-state index contributed by atoms with van der Waals surface area (Å²) in [6.45, 7) is 1.78. The Bertz CT molecular complexity index is 1220. The number of fused-ring (bicyclic) bond motifs is 1. The Hall–Kier alpha value is -3.66. The molecular weight excluding hydrogens is 478 g/mol. The second kappa shape index (κ2) is 8.83. The van der Waals surface area contributed by atoms with E-state index in [0.29, 0.717) is 28.7 Å². The molecule has 2 aromatic carbocycles. The minimum Gasteiger partial charge on any atom is -0.495 e. The van der Waals surface area contributed by atoms with E-state index in [0.717, 1.165) is 10.0 Å². The molecule has 0 spiro atoms. The molecule has 4 rings (SSSR count). The Kier molecular flexibility index (Phi) is 5.95. The number of carbonyl (C=O) groups excluding carboxylic acids is 2. The Labute approximate surface area is 192 Å². The maximum Gasteiger partial charge on any atom is 0.378 e. The van der Waals surface area contributed by atoms with E-state index in [1.54, 1.807) is 26.2 Å². The summed E-state index contributed by atoms with van der Waals surface area (Å²) in [6.07, 6.45) is 0. The van der Waals surface area contributed by atoms with Crippen LogP contribution in [0, 0.1) is 0 Å². The Morgan fingerprint density at radius 1 is 1.12 bits per heavy atom. The van der Waals surface area contributed by atoms with E-state index in [4.69, 9.17) is 9.47 Å². The van der Waals surface area contributed by atoms with Crippen LogP contribution in [0.4, 0.5) is 11.6 Å². The number of benzene rings is 2. The van der Waals surface area contributed by atoms with Crippen molar-refractivity contribution in [2.45, 2.75) is 13.0 Å². The van der Waals surface area contributed by atoms with E-state index < -0.39 is 12.0 Å². The number of carbonyl (C=O) groups is 2. The van der Waals surface area contributed by atoms with Crippen molar-refractivity contribution in [3.8, 4) is 5.75 Å². The number of methoxy groups -OCH3 is 2. The van der Waals surface area contributed by atoms with Gasteiger partial charge in [0.1, 0.15) is 11.8 Å². The standard InChI is InChI=1S/C22H20BrN5O4/c1-12-17(20(29)25-15-6-4-5-7-16(15)31-2)18(13-8-10-14(23)11-9-13)28-22(24-12)26-19(27-28)21(30)32-3/h4-11,18H,1-3H3,(H,25,29)(H,24,26,27)/t18-/m0/s1. The van der Waals surface area contributed by atoms with E-state index in [9.17, 15) is 9.59 Å². The zero-order chi connectivity index (χ0) is 22.8. The quantitative estimate of drug-likeness (QED) is 0.516. The average molecular weight is 498 g/mol. The molecule has 2 N–H and O–H groups in total. The molecule has 0 saturated heterocycles. The Morgan fingerprint density at radius 3 is 2.53 bits per heavy atom. The molecule has 3 aromatic rings. The maximum absolute atomic E-state index is 13.5. The van der Waals surface area contributed by atoms with Crippen molar-refractivity contribution in [3.05, 3.63) is 75.7 Å². The molecular formula is C22H20BrN5O4. The van der Waals surface area contributed by atoms with Crippen molar-refractivity contribution in [2.75, 3.05) is 24.9 Å². The average Bonchev–Trinajstić information content (AvgIpc) is 3.22. The zero-order valence-electron chi connectivity index (χ0n) is 17.5. The van der Waals surface area contributed by atoms with Crippen LogP contribution in [0.1, 0.15) is 29.1 Å². The molecule has 0 radical (unpaired) electrons. The van der Waals surface area contributed by atoms with Gasteiger partial charge < -0.3 is 20.1 Å². The van der Waals surface area contributed by atoms with Crippen molar-refractivity contribution in [3.63, 3.8) is 0 Å². The van der Waals surface area contributed by atoms with Crippen LogP contribution in [-0.4, -0.2) is 40.9 Å². The summed E-state index contributed by atoms with van der Waals surface area (Å²) >= 11 is 3.44. The summed E-state index contributed by atoms with van der Waals surface area (Å²) in [5.74, 6) is -0.229. The number of para-hydroxylation sites is 2. The third kappa shape index (κ3) is 3.96. The van der Waals surface area contributed by atoms with Gasteiger partial charge in [-0.25, -0.2) is 9.48 Å². The monoisotopic (exact) mass is 497 g/mol. The normalized spacial score (nSPS) is 14.9. The predicted octanol–water partition coefficient (Wildman–Crippen LogP) is 3.76. The lowest BCUT2D eigenvalue weighted by atomic mass is 9.95. The van der Waals surface area contributed by atoms with Crippen LogP contribution in [0.5, 0.6) is 5.75 Å². The van der Waals surface area contributed by atoms with E-state index in [1.165, 1.54) is 11.8 Å². The minimum atomic E-state index is -0.666. The van der Waals surface area contributed by atoms with Gasteiger partial charge >= 0.3 is 5.97 Å². The molecule has 0 aliphatic carbocycles. The number of nitrogens with zero attached hydrogens (tertiary/aromatic N) is 3. The molecule has 2 heterocycles. The van der Waals surface area contributed by atoms with Crippen molar-refractivity contribution in [2.24, 2.45) is 0 Å². The van der Waals surface area contributed by atoms with Gasteiger partial charge in [0.15, 0.2) is 0 Å². The van der Waals surface area contributed by atoms with Gasteiger partial charge in [-0.2, -0.15) is 4.98 Å². The van der Waals surface area contributed by atoms with Crippen LogP contribution in [0.25, 0.3) is 0 Å². The molecule has 0 unspecified atom stereocenters. The van der Waals surface area contributed by atoms with Crippen LogP contribution >= 0.6 is 15.9 Å². The van der Waals surface area contributed by atoms with Crippen molar-refractivity contribution < 1.29 is 19.1 Å². The van der Waals surface area contributed by atoms with Crippen LogP contribution in [0.15, 0.2) is 64.3 Å². The summed E-state index contributed by atoms with van der Waals surface area (Å²) in [7, 11) is 2.80. The maximum atomic E-state index is 13.5. The van der Waals surface area contributed by atoms with Gasteiger partial charge in [0.05, 0.1) is 25.5 Å². The molecule has 164 valence electrons. The van der Waals surface area contributed by atoms with Gasteiger partial charge in [-0.3, -0.25) is 4.79 Å². The minimum absolute atomic E-state index is 0.101. The highest BCUT2D eigenvalue weighted by Gasteiger charge is 2.35. The highest BCUT2D eigenvalue weighted by molar-refractivity contribution is 9.10. The third-order valence-corrected chi connectivity index (χ3v) is 5.53. The fourth-order valence-electron chi connectivity index (χ4n) is 3.51. The van der Waals surface area contributed by atoms with Gasteiger partial charge in [0.2, 0.25) is 5.95 Å².